The number of phenols is 1. The molecule has 14 atom stereocenters. The number of guanidine groups is 2. The lowest BCUT2D eigenvalue weighted by Crippen LogP contribution is -2.61. The van der Waals surface area contributed by atoms with Crippen molar-refractivity contribution in [3.63, 3.8) is 0 Å². The van der Waals surface area contributed by atoms with Crippen LogP contribution in [0.1, 0.15) is 175 Å². The molecule has 0 bridgehead atoms. The summed E-state index contributed by atoms with van der Waals surface area (Å²) in [4.78, 5) is 238. The van der Waals surface area contributed by atoms with E-state index < -0.39 is 192 Å². The van der Waals surface area contributed by atoms with Crippen LogP contribution in [0.2, 0.25) is 0 Å². The van der Waals surface area contributed by atoms with Crippen LogP contribution in [0.15, 0.2) is 58.5 Å². The maximum absolute atomic E-state index is 15.2. The van der Waals surface area contributed by atoms with E-state index in [1.54, 1.807) is 41.5 Å². The van der Waals surface area contributed by atoms with Crippen LogP contribution in [0.5, 0.6) is 11.5 Å². The fraction of sp³-hybridized carbons (Fsp3) is 0.615. The van der Waals surface area contributed by atoms with Gasteiger partial charge in [-0.3, -0.25) is 86.8 Å². The van der Waals surface area contributed by atoms with Gasteiger partial charge in [0.05, 0.1) is 6.42 Å². The van der Waals surface area contributed by atoms with Gasteiger partial charge in [-0.2, -0.15) is 0 Å². The van der Waals surface area contributed by atoms with E-state index in [4.69, 9.17) is 34.4 Å². The number of aliphatic carboxylic acids is 2. The largest absolute Gasteiger partial charge is 0.508 e. The fourth-order valence-corrected chi connectivity index (χ4v) is 14.0. The number of rotatable bonds is 51. The normalized spacial score (nSPS) is 17.7. The molecule has 664 valence electrons. The van der Waals surface area contributed by atoms with Crippen LogP contribution in [-0.2, 0) is 89.6 Å². The quantitative estimate of drug-likeness (QED) is 0.0176. The van der Waals surface area contributed by atoms with Crippen molar-refractivity contribution in [1.29, 1.82) is 0 Å². The van der Waals surface area contributed by atoms with E-state index in [1.807, 2.05) is 0 Å². The van der Waals surface area contributed by atoms with Crippen molar-refractivity contribution in [3.05, 3.63) is 59.7 Å². The van der Waals surface area contributed by atoms with Crippen molar-refractivity contribution in [2.45, 2.75) is 255 Å². The number of carbonyl (C=O) groups is 16. The number of primary amides is 1. The molecular formula is C78H120FN21O20. The lowest BCUT2D eigenvalue weighted by atomic mass is 9.96. The number of carboxylic acid groups (broad SMARTS) is 2. The average molecular weight is 1690 g/mol. The first-order valence-electron chi connectivity index (χ1n) is 40.5. The number of aliphatic imine (C=N–C) groups is 2. The molecule has 5 rings (SSSR count). The molecule has 3 saturated heterocycles. The maximum atomic E-state index is 15.2. The number of phenolic OH excluding ortho intramolecular Hbond substituents is 1. The van der Waals surface area contributed by atoms with Gasteiger partial charge in [0, 0.05) is 56.4 Å². The molecule has 0 radical (unpaired) electrons. The van der Waals surface area contributed by atoms with Crippen LogP contribution in [0.4, 0.5) is 4.53 Å². The van der Waals surface area contributed by atoms with Crippen molar-refractivity contribution in [1.82, 2.24) is 68.3 Å². The zero-order chi connectivity index (χ0) is 89.0. The third-order valence-corrected chi connectivity index (χ3v) is 20.6. The number of unbranched alkanes of at least 4 members (excludes halogenated alkanes) is 1. The minimum Gasteiger partial charge on any atom is -0.508 e. The number of aromatic hydroxyl groups is 1. The Labute approximate surface area is 694 Å². The predicted octanol–water partition coefficient (Wildman–Crippen LogP) is -3.25. The van der Waals surface area contributed by atoms with Gasteiger partial charge >= 0.3 is 11.9 Å². The number of halogens is 1. The van der Waals surface area contributed by atoms with Crippen LogP contribution < -0.4 is 97.8 Å². The zero-order valence-corrected chi connectivity index (χ0v) is 68.7. The van der Waals surface area contributed by atoms with Crippen LogP contribution in [-0.4, -0.2) is 243 Å². The number of benzene rings is 2. The summed E-state index contributed by atoms with van der Waals surface area (Å²) < 4.78 is 13.2. The number of nitrogens with two attached hydrogens (primary N) is 6. The number of carboxylic acids is 2. The number of hydrogen-bond acceptors (Lipinski definition) is 21. The molecule has 14 unspecified atom stereocenters. The summed E-state index contributed by atoms with van der Waals surface area (Å²) in [6.07, 6.45) is -1.72. The molecule has 3 heterocycles. The van der Waals surface area contributed by atoms with Gasteiger partial charge < -0.3 is 118 Å². The van der Waals surface area contributed by atoms with E-state index in [1.165, 1.54) is 53.4 Å². The molecule has 14 amide bonds. The Balaban J connectivity index is 1.42. The summed E-state index contributed by atoms with van der Waals surface area (Å²) in [5.74, 6) is -17.1. The van der Waals surface area contributed by atoms with Crippen molar-refractivity contribution < 1.29 is 101 Å². The van der Waals surface area contributed by atoms with Gasteiger partial charge in [-0.25, -0.2) is 4.79 Å². The highest BCUT2D eigenvalue weighted by Gasteiger charge is 2.44. The van der Waals surface area contributed by atoms with Crippen molar-refractivity contribution in [3.8, 4) is 11.5 Å². The third kappa shape index (κ3) is 32.7. The second-order valence-electron chi connectivity index (χ2n) is 31.1. The highest BCUT2D eigenvalue weighted by atomic mass is 19.3. The standard InChI is InChI=1S/C78H120FN21O20/c1-7-43(6)63(73(115)97-57(76(118)119)37-42(4)5)98-70(112)55(39-45-21-25-47(120-79)26-22-45)96-72(114)59-18-13-35-100(59)75(117)52(16-11-33-87-78(84)85)91-64(106)48(15-10-32-86-77(82)83)90-71(113)58-17-12-34-99(58)74(116)51(14-8-9-31-80)92-69(111)56(40-60(81)102)95-66(108)50(28-30-62(104)105)89-68(110)54(38-44-19-23-46(101)24-20-44)94-67(109)53(36-41(2)3)93-65(107)49-27-29-61(103)88-49/h19-26,41-43,48-59,63,101H,7-18,27-40,80H2,1-6H3,(H2,81,102)(H,88,103)(H,89,110)(H,90,113)(H,91,106)(H,92,111)(H,93,107)(H,94,109)(H,95,108)(H,96,114)(H,97,115)(H,98,112)(H,104,105)(H,118,119)(H4,82,83,86)(H4,84,85,87). The summed E-state index contributed by atoms with van der Waals surface area (Å²) in [5.41, 5.74) is 34.8. The highest BCUT2D eigenvalue weighted by Crippen LogP contribution is 2.25. The summed E-state index contributed by atoms with van der Waals surface area (Å²) in [6, 6.07) is -7.98. The minimum absolute atomic E-state index is 0.00426. The molecule has 120 heavy (non-hydrogen) atoms. The highest BCUT2D eigenvalue weighted by molar-refractivity contribution is 6.01. The van der Waals surface area contributed by atoms with Gasteiger partial charge in [-0.15, -0.1) is 0 Å². The summed E-state index contributed by atoms with van der Waals surface area (Å²) in [6.45, 7) is 10.3. The first-order chi connectivity index (χ1) is 56.8. The van der Waals surface area contributed by atoms with Gasteiger partial charge in [0.15, 0.2) is 17.7 Å². The van der Waals surface area contributed by atoms with Crippen LogP contribution in [0, 0.1) is 17.8 Å². The molecule has 42 heteroatoms. The number of likely N-dealkylation sites (tertiary alicyclic amines) is 2. The van der Waals surface area contributed by atoms with E-state index in [9.17, 15) is 87.0 Å². The van der Waals surface area contributed by atoms with Gasteiger partial charge in [-0.1, -0.05) is 72.2 Å². The Kier molecular flexibility index (Phi) is 40.6. The average Bonchev–Trinajstić information content (AvgIpc) is 1.63. The molecule has 41 nitrogen and oxygen atoms in total. The smallest absolute Gasteiger partial charge is 0.326 e. The molecule has 3 aliphatic heterocycles. The van der Waals surface area contributed by atoms with Gasteiger partial charge in [-0.05, 0) is 156 Å². The number of nitrogens with one attached hydrogen (secondary N) is 11. The number of nitrogens with zero attached hydrogens (tertiary/aromatic N) is 4. The van der Waals surface area contributed by atoms with E-state index in [0.717, 1.165) is 4.90 Å². The minimum atomic E-state index is -1.94. The number of carbonyl (C=O) groups excluding carboxylic acids is 14. The van der Waals surface area contributed by atoms with E-state index >= 15 is 9.59 Å². The number of amides is 14. The first kappa shape index (κ1) is 98.6. The lowest BCUT2D eigenvalue weighted by molar-refractivity contribution is -0.144. The molecule has 3 aliphatic rings. The monoisotopic (exact) mass is 1690 g/mol. The number of hydrogen-bond donors (Lipinski definition) is 20. The Bertz CT molecular complexity index is 3940. The van der Waals surface area contributed by atoms with E-state index in [2.05, 4.69) is 73.4 Å². The summed E-state index contributed by atoms with van der Waals surface area (Å²) in [5, 5.41) is 58.4. The second-order valence-corrected chi connectivity index (χ2v) is 31.1. The SMILES string of the molecule is CCC(C)C(NC(=O)C(Cc1ccc(OF)cc1)NC(=O)C1CCCN1C(=O)C(CCCN=C(N)N)NC(=O)C(CCCN=C(N)N)NC(=O)C1CCCN1C(=O)C(CCCCN)NC(=O)C(CC(N)=O)NC(=O)C(CCC(=O)O)NC(=O)C(Cc1ccc(O)cc1)NC(=O)C(CC(C)C)NC(=O)C1CCC(=O)N1)C(=O)NC(CC(C)C)C(=O)O. The molecule has 0 aromatic heterocycles. The van der Waals surface area contributed by atoms with Gasteiger partial charge in [0.25, 0.3) is 0 Å². The van der Waals surface area contributed by atoms with Crippen LogP contribution in [0.25, 0.3) is 0 Å². The second kappa shape index (κ2) is 49.4. The topological polar surface area (TPSA) is 663 Å². The van der Waals surface area contributed by atoms with Crippen molar-refractivity contribution in [2.75, 3.05) is 32.7 Å². The Morgan fingerprint density at radius 1 is 0.517 bits per heavy atom. The predicted molar refractivity (Wildman–Crippen MR) is 433 cm³/mol. The molecule has 0 spiro atoms. The van der Waals surface area contributed by atoms with E-state index in [-0.39, 0.29) is 177 Å². The fourth-order valence-electron chi connectivity index (χ4n) is 14.0. The third-order valence-electron chi connectivity index (χ3n) is 20.6. The maximum Gasteiger partial charge on any atom is 0.326 e. The molecular weight excluding hydrogens is 1570 g/mol. The van der Waals surface area contributed by atoms with E-state index in [0.29, 0.717) is 24.0 Å². The molecule has 0 aliphatic carbocycles. The van der Waals surface area contributed by atoms with Crippen LogP contribution >= 0.6 is 0 Å². The van der Waals surface area contributed by atoms with Crippen molar-refractivity contribution in [2.24, 2.45) is 62.1 Å². The van der Waals surface area contributed by atoms with Crippen LogP contribution in [0.3, 0.4) is 0 Å². The van der Waals surface area contributed by atoms with Gasteiger partial charge in [0.1, 0.15) is 84.3 Å². The Hall–Kier alpha value is -12.0. The first-order valence-corrected chi connectivity index (χ1v) is 40.5. The Morgan fingerprint density at radius 3 is 1.42 bits per heavy atom. The zero-order valence-electron chi connectivity index (χ0n) is 68.7. The van der Waals surface area contributed by atoms with Gasteiger partial charge in [0.2, 0.25) is 82.7 Å². The Morgan fingerprint density at radius 2 is 0.942 bits per heavy atom. The molecule has 26 N–H and O–H groups in total. The lowest BCUT2D eigenvalue weighted by Gasteiger charge is -2.32. The van der Waals surface area contributed by atoms with Crippen molar-refractivity contribution >= 4 is 107 Å². The summed E-state index contributed by atoms with van der Waals surface area (Å²) in [7, 11) is 0. The molecule has 2 aromatic carbocycles. The molecule has 3 fully saturated rings. The molecule has 0 saturated carbocycles. The summed E-state index contributed by atoms with van der Waals surface area (Å²) >= 11 is 0. The molecule has 2 aromatic rings.